The van der Waals surface area contributed by atoms with Crippen LogP contribution in [0.25, 0.3) is 0 Å². The number of hydrogen-bond donors (Lipinski definition) is 1. The Hall–Kier alpha value is -2.82. The number of carboxylic acid groups (broad SMARTS) is 1. The van der Waals surface area contributed by atoms with Crippen LogP contribution < -0.4 is 15.6 Å². The number of methoxy groups -OCH3 is 1. The number of nitrogens with two attached hydrogens (primary N) is 1. The van der Waals surface area contributed by atoms with Crippen molar-refractivity contribution >= 4 is 17.4 Å². The molecule has 2 N–H and O–H groups in total. The molecule has 0 heterocycles. The standard InChI is InChI=1S/C16H15NO4/c1-21-12-7-5-10(6-8-12)16(20)13-4-2-3-11(15(13)17)9-14(18)19/h2-8H,9,17H2,1H3,(H,18,19)/p-1. The summed E-state index contributed by atoms with van der Waals surface area (Å²) in [5.41, 5.74) is 7.16. The molecule has 0 atom stereocenters. The lowest BCUT2D eigenvalue weighted by Crippen LogP contribution is -2.25. The first-order chi connectivity index (χ1) is 10.0. The molecule has 2 aromatic carbocycles. The van der Waals surface area contributed by atoms with E-state index in [2.05, 4.69) is 0 Å². The van der Waals surface area contributed by atoms with Crippen molar-refractivity contribution < 1.29 is 19.4 Å². The number of rotatable bonds is 5. The van der Waals surface area contributed by atoms with Crippen LogP contribution in [0.15, 0.2) is 42.5 Å². The van der Waals surface area contributed by atoms with Gasteiger partial charge in [-0.05, 0) is 35.9 Å². The van der Waals surface area contributed by atoms with Crippen LogP contribution in [0, 0.1) is 0 Å². The monoisotopic (exact) mass is 284 g/mol. The van der Waals surface area contributed by atoms with Crippen molar-refractivity contribution in [1.82, 2.24) is 0 Å². The SMILES string of the molecule is COc1ccc(C(=O)c2cccc(CC(=O)[O-])c2N)cc1. The number of ether oxygens (including phenoxy) is 1. The molecule has 21 heavy (non-hydrogen) atoms. The molecule has 0 unspecified atom stereocenters. The number of hydrogen-bond acceptors (Lipinski definition) is 5. The van der Waals surface area contributed by atoms with Crippen molar-refractivity contribution in [3.8, 4) is 5.75 Å². The molecule has 2 rings (SSSR count). The second-order valence-corrected chi connectivity index (χ2v) is 4.48. The average Bonchev–Trinajstić information content (AvgIpc) is 2.48. The topological polar surface area (TPSA) is 92.5 Å². The van der Waals surface area contributed by atoms with Crippen LogP contribution in [-0.2, 0) is 11.2 Å². The van der Waals surface area contributed by atoms with E-state index in [1.165, 1.54) is 7.11 Å². The maximum absolute atomic E-state index is 12.4. The smallest absolute Gasteiger partial charge is 0.195 e. The molecule has 108 valence electrons. The Morgan fingerprint density at radius 1 is 1.14 bits per heavy atom. The molecule has 0 radical (unpaired) electrons. The van der Waals surface area contributed by atoms with Crippen LogP contribution in [0.1, 0.15) is 21.5 Å². The van der Waals surface area contributed by atoms with E-state index in [0.717, 1.165) is 0 Å². The lowest BCUT2D eigenvalue weighted by molar-refractivity contribution is -0.304. The van der Waals surface area contributed by atoms with E-state index in [-0.39, 0.29) is 23.5 Å². The molecule has 0 aliphatic carbocycles. The predicted octanol–water partition coefficient (Wildman–Crippen LogP) is 0.801. The Balaban J connectivity index is 2.36. The molecule has 0 saturated carbocycles. The summed E-state index contributed by atoms with van der Waals surface area (Å²) >= 11 is 0. The first-order valence-corrected chi connectivity index (χ1v) is 6.29. The number of carbonyl (C=O) groups excluding carboxylic acids is 2. The van der Waals surface area contributed by atoms with Gasteiger partial charge in [-0.2, -0.15) is 0 Å². The summed E-state index contributed by atoms with van der Waals surface area (Å²) in [4.78, 5) is 23.1. The van der Waals surface area contributed by atoms with E-state index >= 15 is 0 Å². The van der Waals surface area contributed by atoms with E-state index in [0.29, 0.717) is 16.9 Å². The van der Waals surface area contributed by atoms with Crippen molar-refractivity contribution in [2.24, 2.45) is 0 Å². The maximum Gasteiger partial charge on any atom is 0.195 e. The van der Waals surface area contributed by atoms with E-state index in [1.54, 1.807) is 42.5 Å². The molecule has 0 aromatic heterocycles. The largest absolute Gasteiger partial charge is 0.550 e. The highest BCUT2D eigenvalue weighted by Gasteiger charge is 2.14. The molecule has 2 aromatic rings. The fraction of sp³-hybridized carbons (Fsp3) is 0.125. The molecule has 0 aliphatic heterocycles. The van der Waals surface area contributed by atoms with Gasteiger partial charge in [-0.3, -0.25) is 4.79 Å². The Labute approximate surface area is 122 Å². The molecule has 5 nitrogen and oxygen atoms in total. The minimum absolute atomic E-state index is 0.169. The fourth-order valence-electron chi connectivity index (χ4n) is 2.02. The highest BCUT2D eigenvalue weighted by molar-refractivity contribution is 6.12. The van der Waals surface area contributed by atoms with Crippen LogP contribution in [0.2, 0.25) is 0 Å². The third-order valence-electron chi connectivity index (χ3n) is 3.13. The van der Waals surface area contributed by atoms with Gasteiger partial charge in [-0.1, -0.05) is 12.1 Å². The number of anilines is 1. The van der Waals surface area contributed by atoms with Gasteiger partial charge in [-0.25, -0.2) is 0 Å². The summed E-state index contributed by atoms with van der Waals surface area (Å²) < 4.78 is 5.03. The number of nitrogen functional groups attached to an aromatic ring is 1. The molecular weight excluding hydrogens is 270 g/mol. The summed E-state index contributed by atoms with van der Waals surface area (Å²) in [6.45, 7) is 0. The molecule has 0 bridgehead atoms. The number of carbonyl (C=O) groups is 2. The minimum atomic E-state index is -1.24. The zero-order chi connectivity index (χ0) is 15.4. The molecule has 0 amide bonds. The van der Waals surface area contributed by atoms with Crippen molar-refractivity contribution in [1.29, 1.82) is 0 Å². The third-order valence-corrected chi connectivity index (χ3v) is 3.13. The van der Waals surface area contributed by atoms with E-state index in [4.69, 9.17) is 10.5 Å². The summed E-state index contributed by atoms with van der Waals surface area (Å²) in [6.07, 6.45) is -0.324. The molecule has 0 fully saturated rings. The normalized spacial score (nSPS) is 10.1. The van der Waals surface area contributed by atoms with Gasteiger partial charge in [0.05, 0.1) is 7.11 Å². The zero-order valence-electron chi connectivity index (χ0n) is 11.5. The lowest BCUT2D eigenvalue weighted by Gasteiger charge is -2.11. The van der Waals surface area contributed by atoms with E-state index in [1.807, 2.05) is 0 Å². The Kier molecular flexibility index (Phi) is 4.23. The van der Waals surface area contributed by atoms with Crippen LogP contribution in [0.3, 0.4) is 0 Å². The number of para-hydroxylation sites is 1. The summed E-state index contributed by atoms with van der Waals surface area (Å²) in [6, 6.07) is 11.4. The Bertz CT molecular complexity index is 677. The summed E-state index contributed by atoms with van der Waals surface area (Å²) in [7, 11) is 1.54. The summed E-state index contributed by atoms with van der Waals surface area (Å²) in [5, 5.41) is 10.7. The first kappa shape index (κ1) is 14.6. The van der Waals surface area contributed by atoms with Crippen molar-refractivity contribution in [3.05, 3.63) is 59.2 Å². The van der Waals surface area contributed by atoms with Crippen LogP contribution >= 0.6 is 0 Å². The quantitative estimate of drug-likeness (QED) is 0.647. The molecule has 0 aliphatic rings. The highest BCUT2D eigenvalue weighted by atomic mass is 16.5. The van der Waals surface area contributed by atoms with Gasteiger partial charge in [0, 0.05) is 29.2 Å². The predicted molar refractivity (Wildman–Crippen MR) is 76.0 cm³/mol. The van der Waals surface area contributed by atoms with Crippen molar-refractivity contribution in [2.45, 2.75) is 6.42 Å². The fourth-order valence-corrected chi connectivity index (χ4v) is 2.02. The molecule has 0 saturated heterocycles. The molecular formula is C16H14NO4-. The van der Waals surface area contributed by atoms with E-state index < -0.39 is 5.97 Å². The zero-order valence-corrected chi connectivity index (χ0v) is 11.5. The van der Waals surface area contributed by atoms with Crippen molar-refractivity contribution in [3.63, 3.8) is 0 Å². The lowest BCUT2D eigenvalue weighted by atomic mass is 9.98. The van der Waals surface area contributed by atoms with Gasteiger partial charge in [-0.15, -0.1) is 0 Å². The highest BCUT2D eigenvalue weighted by Crippen LogP contribution is 2.22. The minimum Gasteiger partial charge on any atom is -0.550 e. The summed E-state index contributed by atoms with van der Waals surface area (Å²) in [5.74, 6) is -0.865. The van der Waals surface area contributed by atoms with Crippen LogP contribution in [0.4, 0.5) is 5.69 Å². The second kappa shape index (κ2) is 6.09. The van der Waals surface area contributed by atoms with Crippen molar-refractivity contribution in [2.75, 3.05) is 12.8 Å². The first-order valence-electron chi connectivity index (χ1n) is 6.29. The number of benzene rings is 2. The number of aliphatic carboxylic acids is 1. The van der Waals surface area contributed by atoms with Gasteiger partial charge < -0.3 is 20.4 Å². The third kappa shape index (κ3) is 3.20. The maximum atomic E-state index is 12.4. The molecule has 5 heteroatoms. The van der Waals surface area contributed by atoms with Gasteiger partial charge in [0.15, 0.2) is 5.78 Å². The van der Waals surface area contributed by atoms with E-state index in [9.17, 15) is 14.7 Å². The number of carboxylic acids is 1. The van der Waals surface area contributed by atoms with Gasteiger partial charge in [0.25, 0.3) is 0 Å². The second-order valence-electron chi connectivity index (χ2n) is 4.48. The van der Waals surface area contributed by atoms with Crippen LogP contribution in [-0.4, -0.2) is 18.9 Å². The Morgan fingerprint density at radius 2 is 1.81 bits per heavy atom. The Morgan fingerprint density at radius 3 is 2.38 bits per heavy atom. The van der Waals surface area contributed by atoms with Gasteiger partial charge in [0.2, 0.25) is 0 Å². The average molecular weight is 284 g/mol. The molecule has 0 spiro atoms. The van der Waals surface area contributed by atoms with Crippen LogP contribution in [0.5, 0.6) is 5.75 Å². The number of ketones is 1. The van der Waals surface area contributed by atoms with Gasteiger partial charge in [0.1, 0.15) is 5.75 Å². The van der Waals surface area contributed by atoms with Gasteiger partial charge >= 0.3 is 0 Å².